The Kier molecular flexibility index (Phi) is 2.64. The number of hydrogen-bond donors (Lipinski definition) is 1. The van der Waals surface area contributed by atoms with Gasteiger partial charge < -0.3 is 15.4 Å². The lowest BCUT2D eigenvalue weighted by molar-refractivity contribution is 0.0994. The highest BCUT2D eigenvalue weighted by Gasteiger charge is 2.14. The maximum atomic E-state index is 11.3. The molecule has 0 aromatic carbocycles. The number of carbonyl (C=O) groups is 1. The Morgan fingerprint density at radius 1 is 1.33 bits per heavy atom. The highest BCUT2D eigenvalue weighted by Crippen LogP contribution is 2.18. The molecule has 0 saturated carbocycles. The standard InChI is InChI=1S/C12H14N4O2/c13-12(17)10-7-14-11-2-1-9(8-16(10)11)15-3-5-18-6-4-15/h1-2,7-8H,3-6H2,(H2,13,17). The van der Waals surface area contributed by atoms with Crippen molar-refractivity contribution in [2.45, 2.75) is 0 Å². The lowest BCUT2D eigenvalue weighted by Gasteiger charge is -2.28. The first-order chi connectivity index (χ1) is 8.75. The highest BCUT2D eigenvalue weighted by molar-refractivity contribution is 5.91. The normalized spacial score (nSPS) is 16.1. The summed E-state index contributed by atoms with van der Waals surface area (Å²) < 4.78 is 7.05. The fraction of sp³-hybridized carbons (Fsp3) is 0.333. The van der Waals surface area contributed by atoms with Crippen LogP contribution in [0.3, 0.4) is 0 Å². The quantitative estimate of drug-likeness (QED) is 0.825. The van der Waals surface area contributed by atoms with Gasteiger partial charge in [0.05, 0.1) is 25.1 Å². The Labute approximate surface area is 104 Å². The van der Waals surface area contributed by atoms with Gasteiger partial charge in [0.15, 0.2) is 0 Å². The number of imidazole rings is 1. The molecule has 0 spiro atoms. The molecule has 1 saturated heterocycles. The molecule has 1 aliphatic heterocycles. The van der Waals surface area contributed by atoms with Gasteiger partial charge in [-0.05, 0) is 12.1 Å². The van der Waals surface area contributed by atoms with E-state index in [0.717, 1.165) is 37.6 Å². The van der Waals surface area contributed by atoms with Crippen LogP contribution in [0.25, 0.3) is 5.65 Å². The second-order valence-electron chi connectivity index (χ2n) is 4.22. The van der Waals surface area contributed by atoms with Gasteiger partial charge in [-0.15, -0.1) is 0 Å². The van der Waals surface area contributed by atoms with Crippen molar-refractivity contribution in [2.75, 3.05) is 31.2 Å². The summed E-state index contributed by atoms with van der Waals surface area (Å²) in [5.74, 6) is -0.471. The Morgan fingerprint density at radius 3 is 2.83 bits per heavy atom. The van der Waals surface area contributed by atoms with E-state index in [1.165, 1.54) is 6.20 Å². The maximum absolute atomic E-state index is 11.3. The maximum Gasteiger partial charge on any atom is 0.267 e. The SMILES string of the molecule is NC(=O)c1cnc2ccc(N3CCOCC3)cn12. The molecule has 0 bridgehead atoms. The van der Waals surface area contributed by atoms with Crippen molar-refractivity contribution in [2.24, 2.45) is 5.73 Å². The molecular formula is C12H14N4O2. The average Bonchev–Trinajstić information content (AvgIpc) is 2.82. The molecular weight excluding hydrogens is 232 g/mol. The average molecular weight is 246 g/mol. The van der Waals surface area contributed by atoms with E-state index in [1.807, 2.05) is 18.3 Å². The Bertz CT molecular complexity index is 587. The minimum absolute atomic E-state index is 0.403. The van der Waals surface area contributed by atoms with Crippen molar-refractivity contribution in [3.63, 3.8) is 0 Å². The van der Waals surface area contributed by atoms with Crippen molar-refractivity contribution >= 4 is 17.2 Å². The third kappa shape index (κ3) is 1.80. The first-order valence-electron chi connectivity index (χ1n) is 5.85. The van der Waals surface area contributed by atoms with Gasteiger partial charge in [0.1, 0.15) is 11.3 Å². The van der Waals surface area contributed by atoms with Crippen LogP contribution >= 0.6 is 0 Å². The van der Waals surface area contributed by atoms with Crippen molar-refractivity contribution in [1.29, 1.82) is 0 Å². The summed E-state index contributed by atoms with van der Waals surface area (Å²) >= 11 is 0. The molecule has 3 rings (SSSR count). The zero-order valence-electron chi connectivity index (χ0n) is 9.87. The number of ether oxygens (including phenoxy) is 1. The van der Waals surface area contributed by atoms with Crippen molar-refractivity contribution < 1.29 is 9.53 Å². The summed E-state index contributed by atoms with van der Waals surface area (Å²) in [5.41, 5.74) is 7.49. The van der Waals surface area contributed by atoms with E-state index in [2.05, 4.69) is 9.88 Å². The summed E-state index contributed by atoms with van der Waals surface area (Å²) in [5, 5.41) is 0. The van der Waals surface area contributed by atoms with Gasteiger partial charge >= 0.3 is 0 Å². The molecule has 2 aromatic rings. The van der Waals surface area contributed by atoms with Crippen LogP contribution in [-0.2, 0) is 4.74 Å². The van der Waals surface area contributed by atoms with Crippen LogP contribution in [0.5, 0.6) is 0 Å². The summed E-state index contributed by atoms with van der Waals surface area (Å²) in [6.45, 7) is 3.16. The number of nitrogens with zero attached hydrogens (tertiary/aromatic N) is 3. The second-order valence-corrected chi connectivity index (χ2v) is 4.22. The van der Waals surface area contributed by atoms with E-state index in [9.17, 15) is 4.79 Å². The zero-order valence-corrected chi connectivity index (χ0v) is 9.87. The number of amides is 1. The van der Waals surface area contributed by atoms with Gasteiger partial charge in [0.25, 0.3) is 5.91 Å². The van der Waals surface area contributed by atoms with Gasteiger partial charge in [-0.2, -0.15) is 0 Å². The van der Waals surface area contributed by atoms with Crippen LogP contribution in [0.15, 0.2) is 24.5 Å². The van der Waals surface area contributed by atoms with Gasteiger partial charge in [0.2, 0.25) is 0 Å². The molecule has 0 atom stereocenters. The number of hydrogen-bond acceptors (Lipinski definition) is 4. The van der Waals surface area contributed by atoms with Crippen LogP contribution in [0.4, 0.5) is 5.69 Å². The summed E-state index contributed by atoms with van der Waals surface area (Å²) in [6, 6.07) is 3.88. The van der Waals surface area contributed by atoms with E-state index >= 15 is 0 Å². The molecule has 6 nitrogen and oxygen atoms in total. The Morgan fingerprint density at radius 2 is 2.11 bits per heavy atom. The largest absolute Gasteiger partial charge is 0.378 e. The molecule has 0 aliphatic carbocycles. The molecule has 1 amide bonds. The fourth-order valence-corrected chi connectivity index (χ4v) is 2.16. The number of anilines is 1. The molecule has 0 unspecified atom stereocenters. The first kappa shape index (κ1) is 11.0. The highest BCUT2D eigenvalue weighted by atomic mass is 16.5. The van der Waals surface area contributed by atoms with Crippen molar-refractivity contribution in [3.05, 3.63) is 30.2 Å². The number of carbonyl (C=O) groups excluding carboxylic acids is 1. The third-order valence-electron chi connectivity index (χ3n) is 3.12. The van der Waals surface area contributed by atoms with Crippen LogP contribution < -0.4 is 10.6 Å². The van der Waals surface area contributed by atoms with Crippen LogP contribution in [0, 0.1) is 0 Å². The molecule has 2 N–H and O–H groups in total. The number of fused-ring (bicyclic) bond motifs is 1. The van der Waals surface area contributed by atoms with Crippen molar-refractivity contribution in [3.8, 4) is 0 Å². The molecule has 18 heavy (non-hydrogen) atoms. The lowest BCUT2D eigenvalue weighted by atomic mass is 10.3. The minimum atomic E-state index is -0.471. The summed E-state index contributed by atoms with van der Waals surface area (Å²) in [6.07, 6.45) is 3.40. The Balaban J connectivity index is 2.03. The van der Waals surface area contributed by atoms with E-state index in [0.29, 0.717) is 5.69 Å². The fourth-order valence-electron chi connectivity index (χ4n) is 2.16. The number of rotatable bonds is 2. The molecule has 2 aromatic heterocycles. The lowest BCUT2D eigenvalue weighted by Crippen LogP contribution is -2.36. The van der Waals surface area contributed by atoms with Crippen LogP contribution in [-0.4, -0.2) is 41.6 Å². The van der Waals surface area contributed by atoms with E-state index in [-0.39, 0.29) is 0 Å². The van der Waals surface area contributed by atoms with E-state index in [4.69, 9.17) is 10.5 Å². The number of morpholine rings is 1. The van der Waals surface area contributed by atoms with Gasteiger partial charge in [-0.25, -0.2) is 4.98 Å². The van der Waals surface area contributed by atoms with Gasteiger partial charge in [-0.1, -0.05) is 0 Å². The second kappa shape index (κ2) is 4.30. The number of primary amides is 1. The van der Waals surface area contributed by atoms with Crippen LogP contribution in [0.1, 0.15) is 10.5 Å². The summed E-state index contributed by atoms with van der Waals surface area (Å²) in [4.78, 5) is 17.7. The molecule has 1 aliphatic rings. The third-order valence-corrected chi connectivity index (χ3v) is 3.12. The minimum Gasteiger partial charge on any atom is -0.378 e. The first-order valence-corrected chi connectivity index (χ1v) is 5.85. The smallest absolute Gasteiger partial charge is 0.267 e. The molecule has 0 radical (unpaired) electrons. The number of aromatic nitrogens is 2. The number of nitrogens with two attached hydrogens (primary N) is 1. The molecule has 6 heteroatoms. The predicted octanol–water partition coefficient (Wildman–Crippen LogP) is 0.270. The molecule has 3 heterocycles. The predicted molar refractivity (Wildman–Crippen MR) is 66.7 cm³/mol. The number of pyridine rings is 1. The summed E-state index contributed by atoms with van der Waals surface area (Å²) in [7, 11) is 0. The van der Waals surface area contributed by atoms with E-state index in [1.54, 1.807) is 4.40 Å². The monoisotopic (exact) mass is 246 g/mol. The van der Waals surface area contributed by atoms with Crippen molar-refractivity contribution in [1.82, 2.24) is 9.38 Å². The van der Waals surface area contributed by atoms with Gasteiger partial charge in [-0.3, -0.25) is 9.20 Å². The zero-order chi connectivity index (χ0) is 12.5. The van der Waals surface area contributed by atoms with Gasteiger partial charge in [0, 0.05) is 19.3 Å². The van der Waals surface area contributed by atoms with E-state index < -0.39 is 5.91 Å². The topological polar surface area (TPSA) is 72.9 Å². The Hall–Kier alpha value is -2.08. The molecule has 94 valence electrons. The van der Waals surface area contributed by atoms with Crippen LogP contribution in [0.2, 0.25) is 0 Å². The molecule has 1 fully saturated rings.